The fraction of sp³-hybridized carbons (Fsp3) is 0.143. The van der Waals surface area contributed by atoms with Gasteiger partial charge in [0.15, 0.2) is 5.82 Å². The first kappa shape index (κ1) is 18.0. The minimum Gasteiger partial charge on any atom is -0.394 e. The molecule has 0 unspecified atom stereocenters. The predicted octanol–water partition coefficient (Wildman–Crippen LogP) is 3.68. The van der Waals surface area contributed by atoms with Gasteiger partial charge in [0.05, 0.1) is 16.1 Å². The summed E-state index contributed by atoms with van der Waals surface area (Å²) < 4.78 is 91.8. The van der Waals surface area contributed by atoms with Crippen LogP contribution in [0, 0.1) is 18.6 Å². The van der Waals surface area contributed by atoms with Gasteiger partial charge in [0.1, 0.15) is 11.5 Å². The Balaban J connectivity index is 2.52. The molecule has 0 spiro atoms. The molecule has 0 aliphatic heterocycles. The number of rotatable bonds is 3. The highest BCUT2D eigenvalue weighted by Crippen LogP contribution is 2.35. The van der Waals surface area contributed by atoms with E-state index in [1.807, 2.05) is 0 Å². The Bertz CT molecular complexity index is 895. The third kappa shape index (κ3) is 3.28. The van der Waals surface area contributed by atoms with Gasteiger partial charge in [0.2, 0.25) is 0 Å². The highest BCUT2D eigenvalue weighted by molar-refractivity contribution is 7.92. The van der Waals surface area contributed by atoms with Crippen LogP contribution in [0.2, 0.25) is 0 Å². The highest BCUT2D eigenvalue weighted by atomic mass is 32.2. The summed E-state index contributed by atoms with van der Waals surface area (Å²) in [6.07, 6.45) is -4.75. The lowest BCUT2D eigenvalue weighted by Crippen LogP contribution is -2.18. The maximum absolute atomic E-state index is 13.8. The van der Waals surface area contributed by atoms with Crippen LogP contribution in [0.1, 0.15) is 11.1 Å². The molecule has 2 aromatic carbocycles. The normalized spacial score (nSPS) is 12.2. The summed E-state index contributed by atoms with van der Waals surface area (Å²) in [6.45, 7) is 0.979. The predicted molar refractivity (Wildman–Crippen MR) is 77.8 cm³/mol. The first-order chi connectivity index (χ1) is 10.9. The van der Waals surface area contributed by atoms with E-state index in [1.165, 1.54) is 0 Å². The molecule has 2 aromatic rings. The van der Waals surface area contributed by atoms with Crippen LogP contribution in [-0.4, -0.2) is 8.42 Å². The van der Waals surface area contributed by atoms with Gasteiger partial charge in [-0.15, -0.1) is 0 Å². The van der Waals surface area contributed by atoms with Crippen molar-refractivity contribution in [1.29, 1.82) is 0 Å². The Labute approximate surface area is 134 Å². The van der Waals surface area contributed by atoms with Crippen LogP contribution in [0.15, 0.2) is 35.2 Å². The standard InChI is InChI=1S/C14H11F5N2O2S/c1-7-8(14(17,18)19)3-2-4-11(7)24(22,23)21-10-6-5-9(15)13(20)12(10)16/h2-6,21H,20H2,1H3. The van der Waals surface area contributed by atoms with Gasteiger partial charge < -0.3 is 5.73 Å². The third-order valence-corrected chi connectivity index (χ3v) is 4.76. The van der Waals surface area contributed by atoms with E-state index in [4.69, 9.17) is 5.73 Å². The molecule has 0 aliphatic rings. The monoisotopic (exact) mass is 366 g/mol. The van der Waals surface area contributed by atoms with E-state index in [-0.39, 0.29) is 0 Å². The number of halogens is 5. The molecule has 4 nitrogen and oxygen atoms in total. The number of nitrogens with two attached hydrogens (primary N) is 1. The van der Waals surface area contributed by atoms with E-state index in [9.17, 15) is 30.4 Å². The molecule has 0 aromatic heterocycles. The zero-order valence-electron chi connectivity index (χ0n) is 12.1. The fourth-order valence-electron chi connectivity index (χ4n) is 2.06. The molecule has 2 rings (SSSR count). The molecular formula is C14H11F5N2O2S. The molecule has 0 heterocycles. The zero-order valence-corrected chi connectivity index (χ0v) is 12.9. The zero-order chi connectivity index (χ0) is 18.3. The van der Waals surface area contributed by atoms with Gasteiger partial charge >= 0.3 is 6.18 Å². The number of alkyl halides is 3. The van der Waals surface area contributed by atoms with E-state index in [0.29, 0.717) is 0 Å². The highest BCUT2D eigenvalue weighted by Gasteiger charge is 2.34. The number of hydrogen-bond acceptors (Lipinski definition) is 3. The first-order valence-electron chi connectivity index (χ1n) is 6.38. The van der Waals surface area contributed by atoms with Crippen molar-refractivity contribution >= 4 is 21.4 Å². The van der Waals surface area contributed by atoms with E-state index in [1.54, 1.807) is 4.72 Å². The smallest absolute Gasteiger partial charge is 0.394 e. The van der Waals surface area contributed by atoms with Crippen molar-refractivity contribution in [1.82, 2.24) is 0 Å². The van der Waals surface area contributed by atoms with Crippen molar-refractivity contribution in [3.63, 3.8) is 0 Å². The van der Waals surface area contributed by atoms with Gasteiger partial charge in [-0.3, -0.25) is 4.72 Å². The molecule has 0 bridgehead atoms. The summed E-state index contributed by atoms with van der Waals surface area (Å²) in [5.74, 6) is -2.45. The number of nitrogens with one attached hydrogen (secondary N) is 1. The number of benzene rings is 2. The van der Waals surface area contributed by atoms with Crippen molar-refractivity contribution in [3.8, 4) is 0 Å². The molecule has 0 amide bonds. The third-order valence-electron chi connectivity index (χ3n) is 3.25. The average Bonchev–Trinajstić information content (AvgIpc) is 2.46. The minimum absolute atomic E-state index is 0.548. The molecule has 24 heavy (non-hydrogen) atoms. The number of hydrogen-bond donors (Lipinski definition) is 2. The molecule has 0 radical (unpaired) electrons. The van der Waals surface area contributed by atoms with Crippen LogP contribution in [0.25, 0.3) is 0 Å². The lowest BCUT2D eigenvalue weighted by Gasteiger charge is -2.15. The van der Waals surface area contributed by atoms with Crippen molar-refractivity contribution in [2.75, 3.05) is 10.5 Å². The maximum atomic E-state index is 13.8. The average molecular weight is 366 g/mol. The second kappa shape index (κ2) is 5.93. The lowest BCUT2D eigenvalue weighted by molar-refractivity contribution is -0.138. The number of anilines is 2. The van der Waals surface area contributed by atoms with E-state index in [0.717, 1.165) is 37.3 Å². The van der Waals surface area contributed by atoms with Gasteiger partial charge in [-0.1, -0.05) is 6.07 Å². The largest absolute Gasteiger partial charge is 0.416 e. The van der Waals surface area contributed by atoms with Gasteiger partial charge in [-0.25, -0.2) is 17.2 Å². The summed E-state index contributed by atoms with van der Waals surface area (Å²) in [4.78, 5) is -0.681. The van der Waals surface area contributed by atoms with Crippen LogP contribution in [-0.2, 0) is 16.2 Å². The summed E-state index contributed by atoms with van der Waals surface area (Å²) in [5.41, 5.74) is 1.85. The SMILES string of the molecule is Cc1c(C(F)(F)F)cccc1S(=O)(=O)Nc1ccc(F)c(N)c1F. The van der Waals surface area contributed by atoms with Crippen LogP contribution in [0.3, 0.4) is 0 Å². The second-order valence-corrected chi connectivity index (χ2v) is 6.51. The van der Waals surface area contributed by atoms with Crippen molar-refractivity contribution < 1.29 is 30.4 Å². The number of sulfonamides is 1. The Hall–Kier alpha value is -2.36. The summed E-state index contributed by atoms with van der Waals surface area (Å²) in [5, 5.41) is 0. The molecule has 0 saturated carbocycles. The fourth-order valence-corrected chi connectivity index (χ4v) is 3.39. The summed E-state index contributed by atoms with van der Waals surface area (Å²) >= 11 is 0. The first-order valence-corrected chi connectivity index (χ1v) is 7.86. The van der Waals surface area contributed by atoms with Crippen LogP contribution in [0.4, 0.5) is 33.3 Å². The van der Waals surface area contributed by atoms with Gasteiger partial charge in [0.25, 0.3) is 10.0 Å². The Morgan fingerprint density at radius 2 is 1.71 bits per heavy atom. The maximum Gasteiger partial charge on any atom is 0.416 e. The lowest BCUT2D eigenvalue weighted by atomic mass is 10.1. The van der Waals surface area contributed by atoms with Crippen LogP contribution < -0.4 is 10.5 Å². The minimum atomic E-state index is -4.75. The van der Waals surface area contributed by atoms with Gasteiger partial charge in [-0.2, -0.15) is 13.2 Å². The van der Waals surface area contributed by atoms with Crippen molar-refractivity contribution in [2.45, 2.75) is 18.0 Å². The van der Waals surface area contributed by atoms with E-state index in [2.05, 4.69) is 0 Å². The summed E-state index contributed by atoms with van der Waals surface area (Å²) in [7, 11) is -4.55. The topological polar surface area (TPSA) is 72.2 Å². The Morgan fingerprint density at radius 3 is 2.29 bits per heavy atom. The Morgan fingerprint density at radius 1 is 1.08 bits per heavy atom. The van der Waals surface area contributed by atoms with Crippen molar-refractivity contribution in [2.24, 2.45) is 0 Å². The van der Waals surface area contributed by atoms with Crippen LogP contribution >= 0.6 is 0 Å². The van der Waals surface area contributed by atoms with Gasteiger partial charge in [0, 0.05) is 0 Å². The van der Waals surface area contributed by atoms with Crippen molar-refractivity contribution in [3.05, 3.63) is 53.1 Å². The molecule has 130 valence electrons. The molecule has 3 N–H and O–H groups in total. The molecule has 0 atom stereocenters. The molecule has 0 fully saturated rings. The Kier molecular flexibility index (Phi) is 4.44. The molecule has 0 saturated heterocycles. The van der Waals surface area contributed by atoms with Crippen LogP contribution in [0.5, 0.6) is 0 Å². The number of nitrogen functional groups attached to an aromatic ring is 1. The van der Waals surface area contributed by atoms with E-state index < -0.39 is 55.2 Å². The molecule has 0 aliphatic carbocycles. The molecular weight excluding hydrogens is 355 g/mol. The van der Waals surface area contributed by atoms with Gasteiger partial charge in [-0.05, 0) is 36.8 Å². The second-order valence-electron chi connectivity index (χ2n) is 4.85. The molecule has 10 heteroatoms. The summed E-state index contributed by atoms with van der Waals surface area (Å²) in [6, 6.07) is 4.10. The quantitative estimate of drug-likeness (QED) is 0.643. The van der Waals surface area contributed by atoms with E-state index >= 15 is 0 Å².